The Kier molecular flexibility index (Phi) is 4.44. The highest BCUT2D eigenvalue weighted by atomic mass is 79.9. The normalized spacial score (nSPS) is 20.1. The first-order valence-electron chi connectivity index (χ1n) is 7.88. The van der Waals surface area contributed by atoms with E-state index in [-0.39, 0.29) is 18.0 Å². The number of carbonyl (C=O) groups excluding carboxylic acids is 1. The number of halogens is 1. The molecule has 2 atom stereocenters. The van der Waals surface area contributed by atoms with Gasteiger partial charge in [0.05, 0.1) is 6.04 Å². The highest BCUT2D eigenvalue weighted by Gasteiger charge is 2.32. The first kappa shape index (κ1) is 16.1. The Hall–Kier alpha value is -1.81. The van der Waals surface area contributed by atoms with Gasteiger partial charge in [0, 0.05) is 28.8 Å². The Morgan fingerprint density at radius 1 is 1.26 bits per heavy atom. The average Bonchev–Trinajstić information content (AvgIpc) is 2.47. The summed E-state index contributed by atoms with van der Waals surface area (Å²) < 4.78 is 1.03. The van der Waals surface area contributed by atoms with Gasteiger partial charge >= 0.3 is 0 Å². The number of fused-ring (bicyclic) bond motifs is 1. The molecule has 2 aromatic rings. The Labute approximate surface area is 145 Å². The SMILES string of the molecule is CC(=O)N1c2ccc(Br)cc2[C@@H](Nc2cccc(C)c2)C[C@H]1C. The van der Waals surface area contributed by atoms with Crippen molar-refractivity contribution >= 4 is 33.2 Å². The molecular weight excluding hydrogens is 352 g/mol. The number of benzene rings is 2. The molecule has 0 bridgehead atoms. The molecular formula is C19H21BrN2O. The van der Waals surface area contributed by atoms with Crippen molar-refractivity contribution in [3.8, 4) is 0 Å². The number of anilines is 2. The third kappa shape index (κ3) is 3.27. The van der Waals surface area contributed by atoms with Gasteiger partial charge in [-0.25, -0.2) is 0 Å². The van der Waals surface area contributed by atoms with Gasteiger partial charge < -0.3 is 10.2 Å². The van der Waals surface area contributed by atoms with Gasteiger partial charge in [-0.2, -0.15) is 0 Å². The lowest BCUT2D eigenvalue weighted by Crippen LogP contribution is -2.43. The molecule has 0 aromatic heterocycles. The minimum atomic E-state index is 0.0927. The van der Waals surface area contributed by atoms with Crippen molar-refractivity contribution in [1.82, 2.24) is 0 Å². The van der Waals surface area contributed by atoms with Crippen molar-refractivity contribution in [2.24, 2.45) is 0 Å². The molecule has 0 saturated carbocycles. The largest absolute Gasteiger partial charge is 0.378 e. The zero-order valence-corrected chi connectivity index (χ0v) is 15.2. The summed E-state index contributed by atoms with van der Waals surface area (Å²) in [7, 11) is 0. The monoisotopic (exact) mass is 372 g/mol. The Balaban J connectivity index is 2.00. The molecule has 0 saturated heterocycles. The smallest absolute Gasteiger partial charge is 0.224 e. The molecule has 1 heterocycles. The van der Waals surface area contributed by atoms with E-state index in [9.17, 15) is 4.79 Å². The maximum Gasteiger partial charge on any atom is 0.224 e. The Morgan fingerprint density at radius 3 is 2.74 bits per heavy atom. The number of nitrogens with one attached hydrogen (secondary N) is 1. The average molecular weight is 373 g/mol. The van der Waals surface area contributed by atoms with E-state index in [1.54, 1.807) is 6.92 Å². The van der Waals surface area contributed by atoms with Crippen LogP contribution in [0.4, 0.5) is 11.4 Å². The molecule has 120 valence electrons. The molecule has 4 heteroatoms. The van der Waals surface area contributed by atoms with E-state index < -0.39 is 0 Å². The summed E-state index contributed by atoms with van der Waals surface area (Å²) in [5, 5.41) is 3.64. The van der Waals surface area contributed by atoms with Crippen LogP contribution in [0.3, 0.4) is 0 Å². The summed E-state index contributed by atoms with van der Waals surface area (Å²) in [6, 6.07) is 14.9. The van der Waals surface area contributed by atoms with Crippen LogP contribution < -0.4 is 10.2 Å². The fourth-order valence-electron chi connectivity index (χ4n) is 3.39. The highest BCUT2D eigenvalue weighted by Crippen LogP contribution is 2.40. The molecule has 0 spiro atoms. The molecule has 1 aliphatic rings. The van der Waals surface area contributed by atoms with Crippen LogP contribution in [-0.4, -0.2) is 11.9 Å². The van der Waals surface area contributed by atoms with E-state index >= 15 is 0 Å². The quantitative estimate of drug-likeness (QED) is 0.799. The molecule has 0 radical (unpaired) electrons. The van der Waals surface area contributed by atoms with Gasteiger partial charge in [-0.1, -0.05) is 28.1 Å². The molecule has 1 aliphatic heterocycles. The van der Waals surface area contributed by atoms with E-state index in [1.165, 1.54) is 5.56 Å². The minimum absolute atomic E-state index is 0.0927. The topological polar surface area (TPSA) is 32.3 Å². The van der Waals surface area contributed by atoms with Crippen LogP contribution >= 0.6 is 15.9 Å². The summed E-state index contributed by atoms with van der Waals surface area (Å²) >= 11 is 3.56. The number of carbonyl (C=O) groups is 1. The number of nitrogens with zero attached hydrogens (tertiary/aromatic N) is 1. The van der Waals surface area contributed by atoms with Gasteiger partial charge in [0.1, 0.15) is 0 Å². The highest BCUT2D eigenvalue weighted by molar-refractivity contribution is 9.10. The minimum Gasteiger partial charge on any atom is -0.378 e. The molecule has 3 nitrogen and oxygen atoms in total. The fourth-order valence-corrected chi connectivity index (χ4v) is 3.77. The van der Waals surface area contributed by atoms with Crippen molar-refractivity contribution in [1.29, 1.82) is 0 Å². The zero-order chi connectivity index (χ0) is 16.6. The van der Waals surface area contributed by atoms with Crippen LogP contribution in [0.25, 0.3) is 0 Å². The molecule has 3 rings (SSSR count). The van der Waals surface area contributed by atoms with Crippen LogP contribution in [0.2, 0.25) is 0 Å². The molecule has 2 aromatic carbocycles. The number of aryl methyl sites for hydroxylation is 1. The van der Waals surface area contributed by atoms with Crippen molar-refractivity contribution in [3.63, 3.8) is 0 Å². The number of amides is 1. The summed E-state index contributed by atoms with van der Waals surface area (Å²) in [6.07, 6.45) is 0.886. The number of hydrogen-bond acceptors (Lipinski definition) is 2. The summed E-state index contributed by atoms with van der Waals surface area (Å²) in [5.74, 6) is 0.0927. The van der Waals surface area contributed by atoms with Gasteiger partial charge in [0.2, 0.25) is 5.91 Å². The van der Waals surface area contributed by atoms with Crippen LogP contribution in [0.1, 0.15) is 37.4 Å². The summed E-state index contributed by atoms with van der Waals surface area (Å²) in [4.78, 5) is 14.0. The standard InChI is InChI=1S/C19H21BrN2O/c1-12-5-4-6-16(9-12)21-18-10-13(2)22(14(3)23)19-8-7-15(20)11-17(18)19/h4-9,11,13,18,21H,10H2,1-3H3/t13-,18+/m1/s1. The Morgan fingerprint density at radius 2 is 2.04 bits per heavy atom. The first-order valence-corrected chi connectivity index (χ1v) is 8.67. The zero-order valence-electron chi connectivity index (χ0n) is 13.6. The second kappa shape index (κ2) is 6.36. The number of rotatable bonds is 2. The van der Waals surface area contributed by atoms with Gasteiger partial charge in [-0.05, 0) is 61.7 Å². The third-order valence-corrected chi connectivity index (χ3v) is 4.83. The van der Waals surface area contributed by atoms with E-state index in [4.69, 9.17) is 0 Å². The van der Waals surface area contributed by atoms with Crippen molar-refractivity contribution in [3.05, 3.63) is 58.1 Å². The van der Waals surface area contributed by atoms with Crippen LogP contribution in [0.15, 0.2) is 46.9 Å². The summed E-state index contributed by atoms with van der Waals surface area (Å²) in [6.45, 7) is 5.84. The van der Waals surface area contributed by atoms with Crippen LogP contribution in [0.5, 0.6) is 0 Å². The maximum absolute atomic E-state index is 12.1. The maximum atomic E-state index is 12.1. The fraction of sp³-hybridized carbons (Fsp3) is 0.316. The van der Waals surface area contributed by atoms with Crippen LogP contribution in [0, 0.1) is 6.92 Å². The van der Waals surface area contributed by atoms with E-state index in [2.05, 4.69) is 65.4 Å². The Bertz CT molecular complexity index is 744. The van der Waals surface area contributed by atoms with E-state index in [1.807, 2.05) is 17.0 Å². The van der Waals surface area contributed by atoms with E-state index in [0.717, 1.165) is 27.8 Å². The lowest BCUT2D eigenvalue weighted by molar-refractivity contribution is -0.117. The van der Waals surface area contributed by atoms with Crippen molar-refractivity contribution < 1.29 is 4.79 Å². The molecule has 0 unspecified atom stereocenters. The second-order valence-electron chi connectivity index (χ2n) is 6.24. The molecule has 0 fully saturated rings. The lowest BCUT2D eigenvalue weighted by atomic mass is 9.91. The molecule has 23 heavy (non-hydrogen) atoms. The predicted molar refractivity (Wildman–Crippen MR) is 98.9 cm³/mol. The third-order valence-electron chi connectivity index (χ3n) is 4.34. The van der Waals surface area contributed by atoms with Gasteiger partial charge in [-0.15, -0.1) is 0 Å². The van der Waals surface area contributed by atoms with Gasteiger partial charge in [0.15, 0.2) is 0 Å². The van der Waals surface area contributed by atoms with Crippen LogP contribution in [-0.2, 0) is 4.79 Å². The summed E-state index contributed by atoms with van der Waals surface area (Å²) in [5.41, 5.74) is 4.52. The van der Waals surface area contributed by atoms with Crippen molar-refractivity contribution in [2.75, 3.05) is 10.2 Å². The van der Waals surface area contributed by atoms with Crippen molar-refractivity contribution in [2.45, 2.75) is 39.3 Å². The second-order valence-corrected chi connectivity index (χ2v) is 7.16. The van der Waals surface area contributed by atoms with Gasteiger partial charge in [0.25, 0.3) is 0 Å². The molecule has 1 N–H and O–H groups in total. The molecule has 0 aliphatic carbocycles. The lowest BCUT2D eigenvalue weighted by Gasteiger charge is -2.39. The first-order chi connectivity index (χ1) is 11.0. The van der Waals surface area contributed by atoms with Gasteiger partial charge in [-0.3, -0.25) is 4.79 Å². The van der Waals surface area contributed by atoms with E-state index in [0.29, 0.717) is 0 Å². The number of hydrogen-bond donors (Lipinski definition) is 1. The predicted octanol–water partition coefficient (Wildman–Crippen LogP) is 5.06. The molecule has 1 amide bonds.